The van der Waals surface area contributed by atoms with Gasteiger partial charge in [-0.2, -0.15) is 0 Å². The Morgan fingerprint density at radius 3 is 2.25 bits per heavy atom. The highest BCUT2D eigenvalue weighted by atomic mass is 35.5. The van der Waals surface area contributed by atoms with Crippen LogP contribution in [0.4, 0.5) is 11.4 Å². The summed E-state index contributed by atoms with van der Waals surface area (Å²) in [5.74, 6) is -0.0910. The largest absolute Gasteiger partial charge is 0.385 e. The molecule has 20 heavy (non-hydrogen) atoms. The molecular formula is C15H14Cl2N2O. The Hall–Kier alpha value is -1.71. The highest BCUT2D eigenvalue weighted by Gasteiger charge is 2.04. The van der Waals surface area contributed by atoms with Gasteiger partial charge in [0.1, 0.15) is 0 Å². The van der Waals surface area contributed by atoms with E-state index in [-0.39, 0.29) is 5.91 Å². The number of hydrogen-bond acceptors (Lipinski definition) is 2. The first kappa shape index (κ1) is 14.7. The fourth-order valence-corrected chi connectivity index (χ4v) is 2.25. The van der Waals surface area contributed by atoms with Crippen molar-refractivity contribution in [1.29, 1.82) is 0 Å². The molecule has 0 aliphatic heterocycles. The second-order valence-electron chi connectivity index (χ2n) is 4.25. The van der Waals surface area contributed by atoms with E-state index < -0.39 is 0 Å². The highest BCUT2D eigenvalue weighted by Crippen LogP contribution is 2.22. The van der Waals surface area contributed by atoms with Crippen molar-refractivity contribution in [2.75, 3.05) is 17.2 Å². The quantitative estimate of drug-likeness (QED) is 0.857. The van der Waals surface area contributed by atoms with Crippen LogP contribution in [-0.4, -0.2) is 12.5 Å². The molecule has 0 aliphatic carbocycles. The predicted molar refractivity (Wildman–Crippen MR) is 84.6 cm³/mol. The predicted octanol–water partition coefficient (Wildman–Crippen LogP) is 4.43. The van der Waals surface area contributed by atoms with Crippen molar-refractivity contribution in [3.63, 3.8) is 0 Å². The van der Waals surface area contributed by atoms with Crippen molar-refractivity contribution in [3.05, 3.63) is 58.6 Å². The molecule has 0 aromatic heterocycles. The molecule has 2 rings (SSSR count). The highest BCUT2D eigenvalue weighted by molar-refractivity contribution is 6.35. The van der Waals surface area contributed by atoms with E-state index in [0.29, 0.717) is 28.7 Å². The Kier molecular flexibility index (Phi) is 5.27. The Labute approximate surface area is 127 Å². The summed E-state index contributed by atoms with van der Waals surface area (Å²) in [5, 5.41) is 6.92. The number of amides is 1. The molecule has 0 radical (unpaired) electrons. The van der Waals surface area contributed by atoms with Gasteiger partial charge in [-0.25, -0.2) is 0 Å². The molecule has 0 fully saturated rings. The molecule has 0 saturated carbocycles. The molecular weight excluding hydrogens is 295 g/mol. The second kappa shape index (κ2) is 7.17. The SMILES string of the molecule is O=C(CCNc1ccccc1)Nc1cc(Cl)cc(Cl)c1. The first-order valence-corrected chi connectivity index (χ1v) is 6.94. The molecule has 1 amide bonds. The Bertz CT molecular complexity index is 567. The molecule has 0 bridgehead atoms. The monoisotopic (exact) mass is 308 g/mol. The number of hydrogen-bond donors (Lipinski definition) is 2. The van der Waals surface area contributed by atoms with Crippen molar-refractivity contribution in [2.45, 2.75) is 6.42 Å². The molecule has 2 N–H and O–H groups in total. The maximum atomic E-state index is 11.8. The zero-order valence-corrected chi connectivity index (χ0v) is 12.2. The van der Waals surface area contributed by atoms with Crippen molar-refractivity contribution >= 4 is 40.5 Å². The number of carbonyl (C=O) groups is 1. The molecule has 3 nitrogen and oxygen atoms in total. The lowest BCUT2D eigenvalue weighted by Crippen LogP contribution is -2.16. The molecule has 2 aromatic carbocycles. The summed E-state index contributed by atoms with van der Waals surface area (Å²) in [6.07, 6.45) is 0.360. The maximum absolute atomic E-state index is 11.8. The van der Waals surface area contributed by atoms with Crippen LogP contribution in [0.5, 0.6) is 0 Å². The average Bonchev–Trinajstić information content (AvgIpc) is 2.38. The van der Waals surface area contributed by atoms with Crippen molar-refractivity contribution < 1.29 is 4.79 Å². The average molecular weight is 309 g/mol. The van der Waals surface area contributed by atoms with Gasteiger partial charge in [-0.3, -0.25) is 4.79 Å². The lowest BCUT2D eigenvalue weighted by molar-refractivity contribution is -0.115. The van der Waals surface area contributed by atoms with Crippen LogP contribution in [0.25, 0.3) is 0 Å². The summed E-state index contributed by atoms with van der Waals surface area (Å²) in [6.45, 7) is 0.560. The van der Waals surface area contributed by atoms with Gasteiger partial charge >= 0.3 is 0 Å². The van der Waals surface area contributed by atoms with E-state index in [0.717, 1.165) is 5.69 Å². The topological polar surface area (TPSA) is 41.1 Å². The standard InChI is InChI=1S/C15H14Cl2N2O/c16-11-8-12(17)10-14(9-11)19-15(20)6-7-18-13-4-2-1-3-5-13/h1-5,8-10,18H,6-7H2,(H,19,20). The van der Waals surface area contributed by atoms with Crippen LogP contribution in [0.1, 0.15) is 6.42 Å². The van der Waals surface area contributed by atoms with Gasteiger partial charge in [0.2, 0.25) is 5.91 Å². The third kappa shape index (κ3) is 4.76. The third-order valence-corrected chi connectivity index (χ3v) is 3.04. The van der Waals surface area contributed by atoms with Gasteiger partial charge in [-0.05, 0) is 30.3 Å². The molecule has 104 valence electrons. The van der Waals surface area contributed by atoms with Crippen LogP contribution in [0.3, 0.4) is 0 Å². The minimum atomic E-state index is -0.0910. The number of halogens is 2. The van der Waals surface area contributed by atoms with E-state index >= 15 is 0 Å². The van der Waals surface area contributed by atoms with Gasteiger partial charge in [0.05, 0.1) is 0 Å². The molecule has 0 aliphatic rings. The van der Waals surface area contributed by atoms with Crippen LogP contribution in [0.2, 0.25) is 10.0 Å². The zero-order chi connectivity index (χ0) is 14.4. The van der Waals surface area contributed by atoms with E-state index in [1.54, 1.807) is 18.2 Å². The van der Waals surface area contributed by atoms with Crippen LogP contribution < -0.4 is 10.6 Å². The minimum absolute atomic E-state index is 0.0910. The zero-order valence-electron chi connectivity index (χ0n) is 10.7. The third-order valence-electron chi connectivity index (χ3n) is 2.60. The summed E-state index contributed by atoms with van der Waals surface area (Å²) >= 11 is 11.7. The number of rotatable bonds is 5. The summed E-state index contributed by atoms with van der Waals surface area (Å²) < 4.78 is 0. The fourth-order valence-electron chi connectivity index (χ4n) is 1.73. The molecule has 0 heterocycles. The molecule has 0 saturated heterocycles. The van der Waals surface area contributed by atoms with E-state index in [2.05, 4.69) is 10.6 Å². The smallest absolute Gasteiger partial charge is 0.226 e. The molecule has 5 heteroatoms. The van der Waals surface area contributed by atoms with E-state index in [1.165, 1.54) is 0 Å². The van der Waals surface area contributed by atoms with Gasteiger partial charge in [-0.15, -0.1) is 0 Å². The Morgan fingerprint density at radius 2 is 1.60 bits per heavy atom. The lowest BCUT2D eigenvalue weighted by Gasteiger charge is -2.08. The minimum Gasteiger partial charge on any atom is -0.385 e. The summed E-state index contributed by atoms with van der Waals surface area (Å²) in [6, 6.07) is 14.7. The number of para-hydroxylation sites is 1. The van der Waals surface area contributed by atoms with Gasteiger partial charge in [0.25, 0.3) is 0 Å². The normalized spacial score (nSPS) is 10.1. The van der Waals surface area contributed by atoms with Crippen LogP contribution >= 0.6 is 23.2 Å². The van der Waals surface area contributed by atoms with Gasteiger partial charge in [0.15, 0.2) is 0 Å². The summed E-state index contributed by atoms with van der Waals surface area (Å²) in [7, 11) is 0. The Morgan fingerprint density at radius 1 is 0.950 bits per heavy atom. The second-order valence-corrected chi connectivity index (χ2v) is 5.12. The Balaban J connectivity index is 1.81. The first-order valence-electron chi connectivity index (χ1n) is 6.18. The molecule has 0 spiro atoms. The summed E-state index contributed by atoms with van der Waals surface area (Å²) in [5.41, 5.74) is 1.60. The lowest BCUT2D eigenvalue weighted by atomic mass is 10.3. The van der Waals surface area contributed by atoms with Crippen molar-refractivity contribution in [1.82, 2.24) is 0 Å². The molecule has 0 atom stereocenters. The maximum Gasteiger partial charge on any atom is 0.226 e. The van der Waals surface area contributed by atoms with Gasteiger partial charge in [0, 0.05) is 34.4 Å². The van der Waals surface area contributed by atoms with E-state index in [9.17, 15) is 4.79 Å². The number of anilines is 2. The van der Waals surface area contributed by atoms with Crippen molar-refractivity contribution in [3.8, 4) is 0 Å². The molecule has 2 aromatic rings. The number of carbonyl (C=O) groups excluding carboxylic acids is 1. The van der Waals surface area contributed by atoms with Gasteiger partial charge in [-0.1, -0.05) is 41.4 Å². The van der Waals surface area contributed by atoms with Gasteiger partial charge < -0.3 is 10.6 Å². The van der Waals surface area contributed by atoms with Crippen LogP contribution in [-0.2, 0) is 4.79 Å². The number of benzene rings is 2. The first-order chi connectivity index (χ1) is 9.63. The molecule has 0 unspecified atom stereocenters. The van der Waals surface area contributed by atoms with Crippen LogP contribution in [0, 0.1) is 0 Å². The summed E-state index contributed by atoms with van der Waals surface area (Å²) in [4.78, 5) is 11.8. The van der Waals surface area contributed by atoms with E-state index in [1.807, 2.05) is 30.3 Å². The fraction of sp³-hybridized carbons (Fsp3) is 0.133. The van der Waals surface area contributed by atoms with E-state index in [4.69, 9.17) is 23.2 Å². The number of nitrogens with one attached hydrogen (secondary N) is 2. The van der Waals surface area contributed by atoms with Crippen molar-refractivity contribution in [2.24, 2.45) is 0 Å². The van der Waals surface area contributed by atoms with Crippen LogP contribution in [0.15, 0.2) is 48.5 Å².